The van der Waals surface area contributed by atoms with Crippen molar-refractivity contribution in [3.05, 3.63) is 35.9 Å². The zero-order valence-corrected chi connectivity index (χ0v) is 14.0. The van der Waals surface area contributed by atoms with Gasteiger partial charge in [-0.15, -0.1) is 0 Å². The fraction of sp³-hybridized carbons (Fsp3) is 0.600. The number of benzene rings is 1. The SMILES string of the molecule is O=S1(=O)CC(CS(=O)(=O)N2CCCC(c3ccccc3)C2)C1. The van der Waals surface area contributed by atoms with Gasteiger partial charge in [0, 0.05) is 19.0 Å². The van der Waals surface area contributed by atoms with Crippen molar-refractivity contribution in [3.63, 3.8) is 0 Å². The molecular weight excluding hydrogens is 322 g/mol. The Labute approximate surface area is 132 Å². The van der Waals surface area contributed by atoms with Gasteiger partial charge in [-0.25, -0.2) is 21.1 Å². The second-order valence-electron chi connectivity index (χ2n) is 6.33. The highest BCUT2D eigenvalue weighted by atomic mass is 32.2. The Hall–Kier alpha value is -0.920. The highest BCUT2D eigenvalue weighted by Gasteiger charge is 2.39. The molecule has 1 aromatic carbocycles. The zero-order chi connectivity index (χ0) is 15.8. The van der Waals surface area contributed by atoms with E-state index in [1.165, 1.54) is 5.56 Å². The zero-order valence-electron chi connectivity index (χ0n) is 12.4. The monoisotopic (exact) mass is 343 g/mol. The highest BCUT2D eigenvalue weighted by Crippen LogP contribution is 2.29. The van der Waals surface area contributed by atoms with Crippen LogP contribution in [-0.4, -0.2) is 51.5 Å². The predicted octanol–water partition coefficient (Wildman–Crippen LogP) is 1.24. The standard InChI is InChI=1S/C15H21NO4S2/c17-21(18)10-13(11-21)12-22(19,20)16-8-4-7-15(9-16)14-5-2-1-3-6-14/h1-3,5-6,13,15H,4,7-12H2. The lowest BCUT2D eigenvalue weighted by atomic mass is 9.92. The van der Waals surface area contributed by atoms with Crippen molar-refractivity contribution >= 4 is 19.9 Å². The van der Waals surface area contributed by atoms with Crippen LogP contribution in [0.15, 0.2) is 30.3 Å². The first-order chi connectivity index (χ1) is 10.4. The molecule has 3 rings (SSSR count). The van der Waals surface area contributed by atoms with Gasteiger partial charge in [0.25, 0.3) is 0 Å². The van der Waals surface area contributed by atoms with E-state index >= 15 is 0 Å². The number of hydrogen-bond acceptors (Lipinski definition) is 4. The molecule has 1 aromatic rings. The summed E-state index contributed by atoms with van der Waals surface area (Å²) in [4.78, 5) is 0. The first-order valence-corrected chi connectivity index (χ1v) is 11.0. The Morgan fingerprint density at radius 2 is 1.82 bits per heavy atom. The van der Waals surface area contributed by atoms with Gasteiger partial charge in [-0.1, -0.05) is 30.3 Å². The molecule has 0 aromatic heterocycles. The molecule has 1 atom stereocenters. The average molecular weight is 343 g/mol. The summed E-state index contributed by atoms with van der Waals surface area (Å²) in [6.07, 6.45) is 1.84. The van der Waals surface area contributed by atoms with E-state index in [1.54, 1.807) is 4.31 Å². The third-order valence-electron chi connectivity index (χ3n) is 4.47. The molecule has 2 saturated heterocycles. The van der Waals surface area contributed by atoms with E-state index < -0.39 is 19.9 Å². The summed E-state index contributed by atoms with van der Waals surface area (Å²) in [6.45, 7) is 1.05. The molecule has 0 bridgehead atoms. The second-order valence-corrected chi connectivity index (χ2v) is 10.5. The predicted molar refractivity (Wildman–Crippen MR) is 85.9 cm³/mol. The van der Waals surface area contributed by atoms with Crippen LogP contribution in [-0.2, 0) is 19.9 Å². The fourth-order valence-corrected chi connectivity index (χ4v) is 7.09. The summed E-state index contributed by atoms with van der Waals surface area (Å²) in [5.74, 6) is -0.0000721. The molecule has 5 nitrogen and oxygen atoms in total. The van der Waals surface area contributed by atoms with Gasteiger partial charge in [0.05, 0.1) is 17.3 Å². The molecule has 122 valence electrons. The molecule has 7 heteroatoms. The van der Waals surface area contributed by atoms with Gasteiger partial charge < -0.3 is 0 Å². The van der Waals surface area contributed by atoms with Crippen LogP contribution in [0.3, 0.4) is 0 Å². The van der Waals surface area contributed by atoms with E-state index in [-0.39, 0.29) is 29.1 Å². The summed E-state index contributed by atoms with van der Waals surface area (Å²) >= 11 is 0. The van der Waals surface area contributed by atoms with Crippen LogP contribution in [0.5, 0.6) is 0 Å². The molecule has 0 aliphatic carbocycles. The lowest BCUT2D eigenvalue weighted by Crippen LogP contribution is -2.46. The Bertz CT molecular complexity index is 716. The van der Waals surface area contributed by atoms with Crippen molar-refractivity contribution in [2.24, 2.45) is 5.92 Å². The van der Waals surface area contributed by atoms with Gasteiger partial charge in [-0.05, 0) is 24.3 Å². The van der Waals surface area contributed by atoms with Crippen LogP contribution in [0.25, 0.3) is 0 Å². The minimum atomic E-state index is -3.37. The Balaban J connectivity index is 1.66. The van der Waals surface area contributed by atoms with Crippen molar-refractivity contribution in [3.8, 4) is 0 Å². The Morgan fingerprint density at radius 3 is 2.45 bits per heavy atom. The molecule has 2 fully saturated rings. The van der Waals surface area contributed by atoms with Crippen molar-refractivity contribution in [2.75, 3.05) is 30.3 Å². The maximum Gasteiger partial charge on any atom is 0.214 e. The third-order valence-corrected chi connectivity index (χ3v) is 8.44. The molecule has 2 aliphatic heterocycles. The van der Waals surface area contributed by atoms with Crippen LogP contribution in [0.1, 0.15) is 24.3 Å². The van der Waals surface area contributed by atoms with Gasteiger partial charge in [0.1, 0.15) is 0 Å². The molecule has 0 saturated carbocycles. The molecule has 22 heavy (non-hydrogen) atoms. The van der Waals surface area contributed by atoms with E-state index in [9.17, 15) is 16.8 Å². The smallest absolute Gasteiger partial charge is 0.214 e. The van der Waals surface area contributed by atoms with Gasteiger partial charge in [0.2, 0.25) is 10.0 Å². The molecule has 2 aliphatic rings. The average Bonchev–Trinajstić information content (AvgIpc) is 2.46. The van der Waals surface area contributed by atoms with E-state index in [4.69, 9.17) is 0 Å². The van der Waals surface area contributed by atoms with Gasteiger partial charge in [-0.2, -0.15) is 0 Å². The molecular formula is C15H21NO4S2. The second kappa shape index (κ2) is 5.94. The van der Waals surface area contributed by atoms with Crippen molar-refractivity contribution in [1.29, 1.82) is 0 Å². The highest BCUT2D eigenvalue weighted by molar-refractivity contribution is 7.93. The van der Waals surface area contributed by atoms with E-state index in [2.05, 4.69) is 0 Å². The van der Waals surface area contributed by atoms with E-state index in [0.717, 1.165) is 12.8 Å². The quantitative estimate of drug-likeness (QED) is 0.825. The molecule has 0 radical (unpaired) electrons. The minimum Gasteiger partial charge on any atom is -0.229 e. The normalized spacial score (nSPS) is 26.5. The molecule has 0 spiro atoms. The molecule has 0 N–H and O–H groups in total. The number of sulfonamides is 1. The first kappa shape index (κ1) is 16.0. The van der Waals surface area contributed by atoms with Crippen LogP contribution in [0, 0.1) is 5.92 Å². The van der Waals surface area contributed by atoms with Crippen LogP contribution in [0.2, 0.25) is 0 Å². The fourth-order valence-electron chi connectivity index (χ4n) is 3.36. The molecule has 2 heterocycles. The van der Waals surface area contributed by atoms with Crippen molar-refractivity contribution in [2.45, 2.75) is 18.8 Å². The maximum atomic E-state index is 12.5. The topological polar surface area (TPSA) is 71.5 Å². The summed E-state index contributed by atoms with van der Waals surface area (Å²) in [5, 5.41) is 0. The minimum absolute atomic E-state index is 0.0161. The summed E-state index contributed by atoms with van der Waals surface area (Å²) < 4.78 is 48.9. The maximum absolute atomic E-state index is 12.5. The summed E-state index contributed by atoms with van der Waals surface area (Å²) in [5.41, 5.74) is 1.17. The lowest BCUT2D eigenvalue weighted by molar-refractivity contribution is 0.314. The summed E-state index contributed by atoms with van der Waals surface area (Å²) in [7, 11) is -6.34. The van der Waals surface area contributed by atoms with Gasteiger partial charge in [-0.3, -0.25) is 0 Å². The van der Waals surface area contributed by atoms with Gasteiger partial charge in [0.15, 0.2) is 9.84 Å². The van der Waals surface area contributed by atoms with Crippen LogP contribution < -0.4 is 0 Å². The van der Waals surface area contributed by atoms with E-state index in [1.807, 2.05) is 30.3 Å². The largest absolute Gasteiger partial charge is 0.229 e. The molecule has 0 amide bonds. The molecule has 1 unspecified atom stereocenters. The lowest BCUT2D eigenvalue weighted by Gasteiger charge is -2.34. The Kier molecular flexibility index (Phi) is 4.31. The number of rotatable bonds is 4. The van der Waals surface area contributed by atoms with E-state index in [0.29, 0.717) is 13.1 Å². The first-order valence-electron chi connectivity index (χ1n) is 7.59. The third kappa shape index (κ3) is 3.52. The number of piperidine rings is 1. The van der Waals surface area contributed by atoms with Crippen LogP contribution >= 0.6 is 0 Å². The van der Waals surface area contributed by atoms with Gasteiger partial charge >= 0.3 is 0 Å². The van der Waals surface area contributed by atoms with Crippen molar-refractivity contribution in [1.82, 2.24) is 4.31 Å². The number of hydrogen-bond donors (Lipinski definition) is 0. The van der Waals surface area contributed by atoms with Crippen molar-refractivity contribution < 1.29 is 16.8 Å². The summed E-state index contributed by atoms with van der Waals surface area (Å²) in [6, 6.07) is 9.99. The van der Waals surface area contributed by atoms with Crippen LogP contribution in [0.4, 0.5) is 0 Å². The Morgan fingerprint density at radius 1 is 1.14 bits per heavy atom. The number of nitrogens with zero attached hydrogens (tertiary/aromatic N) is 1. The number of sulfone groups is 1.